The zero-order chi connectivity index (χ0) is 17.5. The molecule has 0 fully saturated rings. The van der Waals surface area contributed by atoms with Crippen molar-refractivity contribution in [3.05, 3.63) is 76.6 Å². The second kappa shape index (κ2) is 8.94. The lowest BCUT2D eigenvalue weighted by atomic mass is 10.1. The zero-order valence-corrected chi connectivity index (χ0v) is 15.5. The van der Waals surface area contributed by atoms with Crippen LogP contribution in [0.3, 0.4) is 0 Å². The highest BCUT2D eigenvalue weighted by Crippen LogP contribution is 2.21. The third kappa shape index (κ3) is 5.26. The van der Waals surface area contributed by atoms with E-state index in [2.05, 4.69) is 37.9 Å². The summed E-state index contributed by atoms with van der Waals surface area (Å²) in [5.74, 6) is 0.620. The standard InChI is InChI=1S/C20H21BrN2O2/c21-18-8-6-17(7-9-18)20-22-19(15-25-20)14-23(12-13-24)11-10-16-4-2-1-3-5-16/h1-9,15,24H,10-14H2. The normalized spacial score (nSPS) is 11.2. The first-order valence-electron chi connectivity index (χ1n) is 8.32. The zero-order valence-electron chi connectivity index (χ0n) is 13.9. The topological polar surface area (TPSA) is 49.5 Å². The summed E-state index contributed by atoms with van der Waals surface area (Å²) in [6, 6.07) is 18.3. The Morgan fingerprint density at radius 2 is 1.76 bits per heavy atom. The van der Waals surface area contributed by atoms with E-state index in [9.17, 15) is 5.11 Å². The van der Waals surface area contributed by atoms with E-state index in [0.717, 1.165) is 28.7 Å². The van der Waals surface area contributed by atoms with Crippen LogP contribution in [-0.4, -0.2) is 34.7 Å². The summed E-state index contributed by atoms with van der Waals surface area (Å²) in [5, 5.41) is 9.33. The van der Waals surface area contributed by atoms with Crippen LogP contribution in [0.15, 0.2) is 69.8 Å². The van der Waals surface area contributed by atoms with E-state index in [1.165, 1.54) is 5.56 Å². The van der Waals surface area contributed by atoms with Crippen molar-refractivity contribution in [1.82, 2.24) is 9.88 Å². The van der Waals surface area contributed by atoms with Crippen molar-refractivity contribution in [2.24, 2.45) is 0 Å². The third-order valence-electron chi connectivity index (χ3n) is 4.00. The van der Waals surface area contributed by atoms with E-state index in [1.807, 2.05) is 42.5 Å². The Bertz CT molecular complexity index is 772. The summed E-state index contributed by atoms with van der Waals surface area (Å²) < 4.78 is 6.64. The molecule has 4 nitrogen and oxygen atoms in total. The van der Waals surface area contributed by atoms with Crippen LogP contribution >= 0.6 is 15.9 Å². The molecule has 0 aliphatic heterocycles. The van der Waals surface area contributed by atoms with Crippen LogP contribution in [-0.2, 0) is 13.0 Å². The molecule has 0 aliphatic carbocycles. The molecule has 0 saturated heterocycles. The Hall–Kier alpha value is -1.95. The molecule has 0 spiro atoms. The van der Waals surface area contributed by atoms with Crippen molar-refractivity contribution in [2.75, 3.05) is 19.7 Å². The minimum atomic E-state index is 0.131. The molecule has 3 aromatic rings. The number of aromatic nitrogens is 1. The summed E-state index contributed by atoms with van der Waals surface area (Å²) in [5.41, 5.74) is 3.12. The number of benzene rings is 2. The minimum Gasteiger partial charge on any atom is -0.444 e. The Balaban J connectivity index is 1.63. The molecule has 1 heterocycles. The number of hydrogen-bond donors (Lipinski definition) is 1. The van der Waals surface area contributed by atoms with E-state index in [0.29, 0.717) is 19.0 Å². The molecule has 3 rings (SSSR count). The SMILES string of the molecule is OCCN(CCc1ccccc1)Cc1coc(-c2ccc(Br)cc2)n1. The van der Waals surface area contributed by atoms with Crippen molar-refractivity contribution >= 4 is 15.9 Å². The number of aliphatic hydroxyl groups is 1. The average Bonchev–Trinajstić information content (AvgIpc) is 3.10. The highest BCUT2D eigenvalue weighted by Gasteiger charge is 2.11. The van der Waals surface area contributed by atoms with Crippen LogP contribution in [0.5, 0.6) is 0 Å². The number of hydrogen-bond acceptors (Lipinski definition) is 4. The maximum Gasteiger partial charge on any atom is 0.226 e. The first-order valence-corrected chi connectivity index (χ1v) is 9.11. The van der Waals surface area contributed by atoms with Crippen LogP contribution in [0, 0.1) is 0 Å². The van der Waals surface area contributed by atoms with Gasteiger partial charge in [0, 0.05) is 29.7 Å². The Morgan fingerprint density at radius 1 is 1.00 bits per heavy atom. The molecule has 0 bridgehead atoms. The van der Waals surface area contributed by atoms with Gasteiger partial charge in [-0.25, -0.2) is 4.98 Å². The quantitative estimate of drug-likeness (QED) is 0.617. The number of aliphatic hydroxyl groups excluding tert-OH is 1. The van der Waals surface area contributed by atoms with Crippen LogP contribution in [0.2, 0.25) is 0 Å². The largest absolute Gasteiger partial charge is 0.444 e. The molecule has 0 radical (unpaired) electrons. The van der Waals surface area contributed by atoms with Gasteiger partial charge in [-0.05, 0) is 36.2 Å². The average molecular weight is 401 g/mol. The molecule has 1 aromatic heterocycles. The number of nitrogens with zero attached hydrogens (tertiary/aromatic N) is 2. The highest BCUT2D eigenvalue weighted by atomic mass is 79.9. The molecule has 0 aliphatic rings. The third-order valence-corrected chi connectivity index (χ3v) is 4.53. The molecular weight excluding hydrogens is 380 g/mol. The summed E-state index contributed by atoms with van der Waals surface area (Å²) in [6.45, 7) is 2.28. The molecule has 2 aromatic carbocycles. The van der Waals surface area contributed by atoms with E-state index in [-0.39, 0.29) is 6.61 Å². The predicted molar refractivity (Wildman–Crippen MR) is 102 cm³/mol. The predicted octanol–water partition coefficient (Wildman–Crippen LogP) is 4.14. The van der Waals surface area contributed by atoms with Gasteiger partial charge >= 0.3 is 0 Å². The lowest BCUT2D eigenvalue weighted by Gasteiger charge is -2.19. The van der Waals surface area contributed by atoms with Crippen LogP contribution in [0.25, 0.3) is 11.5 Å². The monoisotopic (exact) mass is 400 g/mol. The van der Waals surface area contributed by atoms with Crippen molar-refractivity contribution in [1.29, 1.82) is 0 Å². The molecule has 0 atom stereocenters. The van der Waals surface area contributed by atoms with Crippen molar-refractivity contribution in [2.45, 2.75) is 13.0 Å². The summed E-state index contributed by atoms with van der Waals surface area (Å²) >= 11 is 3.43. The number of oxazole rings is 1. The minimum absolute atomic E-state index is 0.131. The van der Waals surface area contributed by atoms with Gasteiger partial charge in [0.25, 0.3) is 0 Å². The number of rotatable bonds is 8. The van der Waals surface area contributed by atoms with Gasteiger partial charge in [-0.1, -0.05) is 46.3 Å². The lowest BCUT2D eigenvalue weighted by Crippen LogP contribution is -2.28. The van der Waals surface area contributed by atoms with E-state index < -0.39 is 0 Å². The summed E-state index contributed by atoms with van der Waals surface area (Å²) in [4.78, 5) is 6.77. The van der Waals surface area contributed by atoms with E-state index in [1.54, 1.807) is 6.26 Å². The molecule has 5 heteroatoms. The van der Waals surface area contributed by atoms with Crippen LogP contribution < -0.4 is 0 Å². The molecule has 0 amide bonds. The first kappa shape index (κ1) is 17.9. The highest BCUT2D eigenvalue weighted by molar-refractivity contribution is 9.10. The Labute approximate surface area is 156 Å². The fraction of sp³-hybridized carbons (Fsp3) is 0.250. The van der Waals surface area contributed by atoms with Crippen LogP contribution in [0.1, 0.15) is 11.3 Å². The van der Waals surface area contributed by atoms with Crippen LogP contribution in [0.4, 0.5) is 0 Å². The fourth-order valence-electron chi connectivity index (χ4n) is 2.68. The van der Waals surface area contributed by atoms with E-state index in [4.69, 9.17) is 4.42 Å². The Morgan fingerprint density at radius 3 is 2.48 bits per heavy atom. The van der Waals surface area contributed by atoms with Gasteiger partial charge in [0.05, 0.1) is 12.3 Å². The maximum absolute atomic E-state index is 9.33. The molecule has 0 saturated carbocycles. The second-order valence-corrected chi connectivity index (χ2v) is 6.80. The van der Waals surface area contributed by atoms with Gasteiger partial charge in [0.15, 0.2) is 0 Å². The first-order chi connectivity index (χ1) is 12.2. The van der Waals surface area contributed by atoms with Gasteiger partial charge in [0.2, 0.25) is 5.89 Å². The molecule has 0 unspecified atom stereocenters. The molecule has 130 valence electrons. The smallest absolute Gasteiger partial charge is 0.226 e. The summed E-state index contributed by atoms with van der Waals surface area (Å²) in [6.07, 6.45) is 2.64. The summed E-state index contributed by atoms with van der Waals surface area (Å²) in [7, 11) is 0. The van der Waals surface area contributed by atoms with Gasteiger partial charge in [-0.15, -0.1) is 0 Å². The molecular formula is C20H21BrN2O2. The van der Waals surface area contributed by atoms with Gasteiger partial charge in [-0.3, -0.25) is 4.90 Å². The fourth-order valence-corrected chi connectivity index (χ4v) is 2.94. The second-order valence-electron chi connectivity index (χ2n) is 5.89. The molecule has 1 N–H and O–H groups in total. The van der Waals surface area contributed by atoms with Crippen molar-refractivity contribution < 1.29 is 9.52 Å². The maximum atomic E-state index is 9.33. The van der Waals surface area contributed by atoms with E-state index >= 15 is 0 Å². The molecule has 25 heavy (non-hydrogen) atoms. The van der Waals surface area contributed by atoms with Gasteiger partial charge in [0.1, 0.15) is 6.26 Å². The lowest BCUT2D eigenvalue weighted by molar-refractivity contribution is 0.190. The van der Waals surface area contributed by atoms with Crippen molar-refractivity contribution in [3.63, 3.8) is 0 Å². The number of halogens is 1. The van der Waals surface area contributed by atoms with Gasteiger partial charge in [-0.2, -0.15) is 0 Å². The van der Waals surface area contributed by atoms with Gasteiger partial charge < -0.3 is 9.52 Å². The Kier molecular flexibility index (Phi) is 6.39. The van der Waals surface area contributed by atoms with Crippen molar-refractivity contribution in [3.8, 4) is 11.5 Å².